The molecular weight excluding hydrogens is 252 g/mol. The van der Waals surface area contributed by atoms with Crippen LogP contribution < -0.4 is 10.6 Å². The second kappa shape index (κ2) is 5.23. The molecule has 0 aromatic heterocycles. The highest BCUT2D eigenvalue weighted by Gasteiger charge is 2.31. The standard InChI is InChI=1S/C16H18N2O2/c1-10-6-7-11-4-2-3-5-12(11)14(10)18-16(20)15-13(19)8-9-17-15/h2-7,13,15,17,19H,8-9H2,1H3,(H,18,20)/t13-,15+/m1/s1. The van der Waals surface area contributed by atoms with Crippen molar-refractivity contribution in [3.05, 3.63) is 42.0 Å². The number of anilines is 1. The fourth-order valence-electron chi connectivity index (χ4n) is 2.70. The van der Waals surface area contributed by atoms with Gasteiger partial charge in [0.1, 0.15) is 6.04 Å². The number of carbonyl (C=O) groups excluding carboxylic acids is 1. The summed E-state index contributed by atoms with van der Waals surface area (Å²) >= 11 is 0. The van der Waals surface area contributed by atoms with Gasteiger partial charge in [-0.2, -0.15) is 0 Å². The molecule has 1 aliphatic heterocycles. The van der Waals surface area contributed by atoms with Gasteiger partial charge >= 0.3 is 0 Å². The summed E-state index contributed by atoms with van der Waals surface area (Å²) in [4.78, 5) is 12.3. The number of rotatable bonds is 2. The quantitative estimate of drug-likeness (QED) is 0.780. The van der Waals surface area contributed by atoms with Crippen LogP contribution >= 0.6 is 0 Å². The third kappa shape index (κ3) is 2.28. The van der Waals surface area contributed by atoms with Gasteiger partial charge in [-0.05, 0) is 30.8 Å². The van der Waals surface area contributed by atoms with E-state index in [9.17, 15) is 9.90 Å². The number of aliphatic hydroxyl groups excluding tert-OH is 1. The molecule has 2 aromatic rings. The van der Waals surface area contributed by atoms with Gasteiger partial charge in [0, 0.05) is 5.39 Å². The molecule has 1 saturated heterocycles. The van der Waals surface area contributed by atoms with Crippen molar-refractivity contribution in [1.82, 2.24) is 5.32 Å². The molecule has 104 valence electrons. The van der Waals surface area contributed by atoms with Crippen molar-refractivity contribution in [3.63, 3.8) is 0 Å². The van der Waals surface area contributed by atoms with Gasteiger partial charge in [-0.15, -0.1) is 0 Å². The van der Waals surface area contributed by atoms with E-state index < -0.39 is 12.1 Å². The minimum absolute atomic E-state index is 0.172. The molecule has 0 unspecified atom stereocenters. The zero-order valence-electron chi connectivity index (χ0n) is 11.4. The van der Waals surface area contributed by atoms with Crippen LogP contribution in [0.15, 0.2) is 36.4 Å². The number of benzene rings is 2. The van der Waals surface area contributed by atoms with Crippen LogP contribution in [0.1, 0.15) is 12.0 Å². The molecule has 3 rings (SSSR count). The van der Waals surface area contributed by atoms with Crippen LogP contribution in [0.4, 0.5) is 5.69 Å². The Bertz CT molecular complexity index is 654. The number of aliphatic hydroxyl groups is 1. The predicted molar refractivity (Wildman–Crippen MR) is 79.7 cm³/mol. The fourth-order valence-corrected chi connectivity index (χ4v) is 2.70. The molecule has 0 radical (unpaired) electrons. The van der Waals surface area contributed by atoms with Gasteiger partial charge in [-0.1, -0.05) is 36.4 Å². The maximum atomic E-state index is 12.3. The largest absolute Gasteiger partial charge is 0.391 e. The number of carbonyl (C=O) groups is 1. The Labute approximate surface area is 117 Å². The first-order valence-corrected chi connectivity index (χ1v) is 6.87. The molecule has 0 saturated carbocycles. The van der Waals surface area contributed by atoms with Gasteiger partial charge in [0.25, 0.3) is 0 Å². The first kappa shape index (κ1) is 13.1. The molecule has 1 amide bonds. The molecule has 2 atom stereocenters. The van der Waals surface area contributed by atoms with Crippen molar-refractivity contribution in [1.29, 1.82) is 0 Å². The van der Waals surface area contributed by atoms with E-state index in [1.807, 2.05) is 43.3 Å². The summed E-state index contributed by atoms with van der Waals surface area (Å²) in [5, 5.41) is 17.9. The molecule has 4 heteroatoms. The third-order valence-electron chi connectivity index (χ3n) is 3.86. The van der Waals surface area contributed by atoms with E-state index in [1.54, 1.807) is 0 Å². The van der Waals surface area contributed by atoms with Crippen LogP contribution in [0.25, 0.3) is 10.8 Å². The van der Waals surface area contributed by atoms with Gasteiger partial charge in [0.2, 0.25) is 5.91 Å². The number of nitrogens with one attached hydrogen (secondary N) is 2. The Morgan fingerprint density at radius 3 is 2.85 bits per heavy atom. The number of aryl methyl sites for hydroxylation is 1. The zero-order valence-corrected chi connectivity index (χ0v) is 11.4. The lowest BCUT2D eigenvalue weighted by Gasteiger charge is -2.17. The van der Waals surface area contributed by atoms with E-state index in [-0.39, 0.29) is 5.91 Å². The summed E-state index contributed by atoms with van der Waals surface area (Å²) in [5.41, 5.74) is 1.85. The molecule has 2 aromatic carbocycles. The summed E-state index contributed by atoms with van der Waals surface area (Å²) in [7, 11) is 0. The van der Waals surface area contributed by atoms with Crippen LogP contribution in [0, 0.1) is 6.92 Å². The van der Waals surface area contributed by atoms with Gasteiger partial charge in [0.05, 0.1) is 11.8 Å². The average Bonchev–Trinajstić information content (AvgIpc) is 2.88. The number of amides is 1. The summed E-state index contributed by atoms with van der Waals surface area (Å²) in [6.45, 7) is 2.65. The van der Waals surface area contributed by atoms with Crippen molar-refractivity contribution < 1.29 is 9.90 Å². The van der Waals surface area contributed by atoms with Crippen LogP contribution in [0.3, 0.4) is 0 Å². The topological polar surface area (TPSA) is 61.4 Å². The van der Waals surface area contributed by atoms with E-state index in [0.717, 1.165) is 22.0 Å². The van der Waals surface area contributed by atoms with E-state index in [4.69, 9.17) is 0 Å². The van der Waals surface area contributed by atoms with Gasteiger partial charge < -0.3 is 15.7 Å². The van der Waals surface area contributed by atoms with Crippen molar-refractivity contribution >= 4 is 22.4 Å². The van der Waals surface area contributed by atoms with Crippen molar-refractivity contribution in [2.24, 2.45) is 0 Å². The molecule has 4 nitrogen and oxygen atoms in total. The highest BCUT2D eigenvalue weighted by Crippen LogP contribution is 2.27. The summed E-state index contributed by atoms with van der Waals surface area (Å²) < 4.78 is 0. The second-order valence-electron chi connectivity index (χ2n) is 5.26. The normalized spacial score (nSPS) is 22.1. The number of hydrogen-bond donors (Lipinski definition) is 3. The predicted octanol–water partition coefficient (Wildman–Crippen LogP) is 1.81. The highest BCUT2D eigenvalue weighted by molar-refractivity contribution is 6.05. The summed E-state index contributed by atoms with van der Waals surface area (Å²) in [6, 6.07) is 11.5. The lowest BCUT2D eigenvalue weighted by atomic mass is 10.0. The Balaban J connectivity index is 1.94. The maximum absolute atomic E-state index is 12.3. The van der Waals surface area contributed by atoms with Crippen LogP contribution in [-0.2, 0) is 4.79 Å². The first-order chi connectivity index (χ1) is 9.66. The van der Waals surface area contributed by atoms with Crippen LogP contribution in [0.2, 0.25) is 0 Å². The summed E-state index contributed by atoms with van der Waals surface area (Å²) in [5.74, 6) is -0.172. The van der Waals surface area contributed by atoms with E-state index in [2.05, 4.69) is 10.6 Å². The van der Waals surface area contributed by atoms with Crippen molar-refractivity contribution in [3.8, 4) is 0 Å². The van der Waals surface area contributed by atoms with E-state index in [1.165, 1.54) is 0 Å². The lowest BCUT2D eigenvalue weighted by Crippen LogP contribution is -2.42. The maximum Gasteiger partial charge on any atom is 0.244 e. The van der Waals surface area contributed by atoms with Crippen LogP contribution in [0.5, 0.6) is 0 Å². The Morgan fingerprint density at radius 1 is 1.30 bits per heavy atom. The smallest absolute Gasteiger partial charge is 0.244 e. The van der Waals surface area contributed by atoms with E-state index >= 15 is 0 Å². The van der Waals surface area contributed by atoms with Gasteiger partial charge in [-0.25, -0.2) is 0 Å². The number of fused-ring (bicyclic) bond motifs is 1. The van der Waals surface area contributed by atoms with Gasteiger partial charge in [-0.3, -0.25) is 4.79 Å². The molecule has 0 bridgehead atoms. The van der Waals surface area contributed by atoms with Gasteiger partial charge in [0.15, 0.2) is 0 Å². The van der Waals surface area contributed by atoms with Crippen LogP contribution in [-0.4, -0.2) is 29.7 Å². The summed E-state index contributed by atoms with van der Waals surface area (Å²) in [6.07, 6.45) is 0.0114. The molecule has 20 heavy (non-hydrogen) atoms. The molecule has 1 fully saturated rings. The molecule has 0 spiro atoms. The molecule has 3 N–H and O–H groups in total. The molecule has 1 heterocycles. The average molecular weight is 270 g/mol. The Hall–Kier alpha value is -1.91. The monoisotopic (exact) mass is 270 g/mol. The molecule has 1 aliphatic rings. The molecular formula is C16H18N2O2. The molecule has 0 aliphatic carbocycles. The van der Waals surface area contributed by atoms with E-state index in [0.29, 0.717) is 13.0 Å². The number of hydrogen-bond acceptors (Lipinski definition) is 3. The Morgan fingerprint density at radius 2 is 2.10 bits per heavy atom. The first-order valence-electron chi connectivity index (χ1n) is 6.87. The third-order valence-corrected chi connectivity index (χ3v) is 3.86. The van der Waals surface area contributed by atoms with Crippen molar-refractivity contribution in [2.75, 3.05) is 11.9 Å². The Kier molecular flexibility index (Phi) is 3.42. The SMILES string of the molecule is Cc1ccc2ccccc2c1NC(=O)[C@H]1NCC[C@H]1O. The fraction of sp³-hybridized carbons (Fsp3) is 0.312. The minimum atomic E-state index is -0.606. The minimum Gasteiger partial charge on any atom is -0.391 e. The second-order valence-corrected chi connectivity index (χ2v) is 5.26. The zero-order chi connectivity index (χ0) is 14.1. The highest BCUT2D eigenvalue weighted by atomic mass is 16.3. The van der Waals surface area contributed by atoms with Crippen molar-refractivity contribution in [2.45, 2.75) is 25.5 Å². The lowest BCUT2D eigenvalue weighted by molar-refractivity contribution is -0.119.